The number of pyridine rings is 1. The average Bonchev–Trinajstić information content (AvgIpc) is 2.36. The van der Waals surface area contributed by atoms with Gasteiger partial charge in [0.2, 0.25) is 0 Å². The van der Waals surface area contributed by atoms with E-state index in [2.05, 4.69) is 9.71 Å². The predicted molar refractivity (Wildman–Crippen MR) is 70.6 cm³/mol. The first-order valence-corrected chi connectivity index (χ1v) is 6.98. The van der Waals surface area contributed by atoms with Gasteiger partial charge < -0.3 is 5.73 Å². The summed E-state index contributed by atoms with van der Waals surface area (Å²) in [5.74, 6) is -2.22. The van der Waals surface area contributed by atoms with Crippen molar-refractivity contribution in [2.45, 2.75) is 11.8 Å². The summed E-state index contributed by atoms with van der Waals surface area (Å²) in [5, 5.41) is 0. The Labute approximate surface area is 114 Å². The topological polar surface area (TPSA) is 85.1 Å². The van der Waals surface area contributed by atoms with Crippen LogP contribution >= 0.6 is 0 Å². The first-order chi connectivity index (χ1) is 9.29. The number of nitrogens with zero attached hydrogens (tertiary/aromatic N) is 1. The van der Waals surface area contributed by atoms with Crippen LogP contribution in [0, 0.1) is 18.6 Å². The summed E-state index contributed by atoms with van der Waals surface area (Å²) in [4.78, 5) is 3.10. The summed E-state index contributed by atoms with van der Waals surface area (Å²) in [6.07, 6.45) is 1.45. The van der Waals surface area contributed by atoms with E-state index in [1.807, 2.05) is 0 Å². The minimum atomic E-state index is -4.23. The Balaban J connectivity index is 2.40. The maximum absolute atomic E-state index is 13.6. The van der Waals surface area contributed by atoms with E-state index in [1.54, 1.807) is 13.0 Å². The highest BCUT2D eigenvalue weighted by molar-refractivity contribution is 7.92. The summed E-state index contributed by atoms with van der Waals surface area (Å²) in [7, 11) is -4.23. The third-order valence-corrected chi connectivity index (χ3v) is 3.86. The van der Waals surface area contributed by atoms with Gasteiger partial charge in [0.05, 0.1) is 5.69 Å². The fraction of sp³-hybridized carbons (Fsp3) is 0.0833. The van der Waals surface area contributed by atoms with Crippen molar-refractivity contribution in [3.8, 4) is 0 Å². The summed E-state index contributed by atoms with van der Waals surface area (Å²) < 4.78 is 52.7. The quantitative estimate of drug-likeness (QED) is 0.849. The van der Waals surface area contributed by atoms with Crippen LogP contribution in [0.25, 0.3) is 0 Å². The lowest BCUT2D eigenvalue weighted by Gasteiger charge is -2.09. The second-order valence-corrected chi connectivity index (χ2v) is 5.78. The lowest BCUT2D eigenvalue weighted by Crippen LogP contribution is -2.16. The van der Waals surface area contributed by atoms with E-state index in [0.717, 1.165) is 11.6 Å². The highest BCUT2D eigenvalue weighted by Crippen LogP contribution is 2.22. The summed E-state index contributed by atoms with van der Waals surface area (Å²) in [5.41, 5.74) is 5.63. The predicted octanol–water partition coefficient (Wildman–Crippen LogP) is 2.05. The van der Waals surface area contributed by atoms with Crippen molar-refractivity contribution in [3.63, 3.8) is 0 Å². The van der Waals surface area contributed by atoms with E-state index in [1.165, 1.54) is 12.3 Å². The molecule has 1 aromatic carbocycles. The number of anilines is 2. The number of aryl methyl sites for hydroxylation is 1. The molecular weight excluding hydrogens is 288 g/mol. The van der Waals surface area contributed by atoms with Crippen LogP contribution in [0.4, 0.5) is 20.3 Å². The molecule has 0 unspecified atom stereocenters. The van der Waals surface area contributed by atoms with Crippen LogP contribution in [0.1, 0.15) is 5.56 Å². The Morgan fingerprint density at radius 3 is 2.50 bits per heavy atom. The number of hydrogen-bond donors (Lipinski definition) is 2. The Bertz CT molecular complexity index is 746. The Morgan fingerprint density at radius 2 is 1.90 bits per heavy atom. The minimum Gasteiger partial charge on any atom is -0.396 e. The van der Waals surface area contributed by atoms with Crippen LogP contribution in [0.5, 0.6) is 0 Å². The van der Waals surface area contributed by atoms with Gasteiger partial charge in [-0.2, -0.15) is 0 Å². The van der Waals surface area contributed by atoms with Crippen molar-refractivity contribution in [2.24, 2.45) is 0 Å². The number of aromatic nitrogens is 1. The lowest BCUT2D eigenvalue weighted by atomic mass is 10.3. The molecule has 8 heteroatoms. The molecule has 5 nitrogen and oxygen atoms in total. The maximum atomic E-state index is 13.6. The number of halogens is 2. The second kappa shape index (κ2) is 5.04. The molecule has 0 saturated heterocycles. The lowest BCUT2D eigenvalue weighted by molar-refractivity contribution is 0.553. The zero-order chi connectivity index (χ0) is 14.9. The van der Waals surface area contributed by atoms with Crippen LogP contribution in [0.15, 0.2) is 35.4 Å². The summed E-state index contributed by atoms with van der Waals surface area (Å²) >= 11 is 0. The number of benzene rings is 1. The molecule has 1 heterocycles. The molecule has 1 aromatic heterocycles. The molecule has 0 amide bonds. The van der Waals surface area contributed by atoms with Gasteiger partial charge in [-0.15, -0.1) is 0 Å². The molecule has 0 spiro atoms. The molecule has 0 aliphatic carbocycles. The molecule has 20 heavy (non-hydrogen) atoms. The number of rotatable bonds is 3. The summed E-state index contributed by atoms with van der Waals surface area (Å²) in [6.45, 7) is 1.78. The van der Waals surface area contributed by atoms with Crippen molar-refractivity contribution in [2.75, 3.05) is 10.5 Å². The number of nitrogens with two attached hydrogens (primary N) is 1. The van der Waals surface area contributed by atoms with Crippen LogP contribution in [-0.2, 0) is 10.0 Å². The van der Waals surface area contributed by atoms with E-state index in [9.17, 15) is 17.2 Å². The van der Waals surface area contributed by atoms with Gasteiger partial charge in [0.1, 0.15) is 22.3 Å². The zero-order valence-electron chi connectivity index (χ0n) is 10.4. The van der Waals surface area contributed by atoms with Gasteiger partial charge in [-0.25, -0.2) is 22.2 Å². The molecular formula is C12H11F2N3O2S. The SMILES string of the molecule is Cc1ccc(NS(=O)(=O)c2cc(N)c(F)cc2F)nc1. The highest BCUT2D eigenvalue weighted by atomic mass is 32.2. The molecule has 2 rings (SSSR count). The Hall–Kier alpha value is -2.22. The van der Waals surface area contributed by atoms with Gasteiger partial charge in [0.15, 0.2) is 0 Å². The van der Waals surface area contributed by atoms with Gasteiger partial charge in [0, 0.05) is 12.3 Å². The van der Waals surface area contributed by atoms with Crippen LogP contribution in [0.2, 0.25) is 0 Å². The largest absolute Gasteiger partial charge is 0.396 e. The molecule has 0 bridgehead atoms. The van der Waals surface area contributed by atoms with Gasteiger partial charge in [-0.05, 0) is 24.6 Å². The molecule has 3 N–H and O–H groups in total. The fourth-order valence-electron chi connectivity index (χ4n) is 1.47. The van der Waals surface area contributed by atoms with Crippen molar-refractivity contribution in [3.05, 3.63) is 47.7 Å². The van der Waals surface area contributed by atoms with Gasteiger partial charge >= 0.3 is 0 Å². The molecule has 0 radical (unpaired) electrons. The van der Waals surface area contributed by atoms with Crippen molar-refractivity contribution in [1.29, 1.82) is 0 Å². The Kier molecular flexibility index (Phi) is 3.58. The van der Waals surface area contributed by atoms with Gasteiger partial charge in [-0.1, -0.05) is 6.07 Å². The molecule has 0 fully saturated rings. The number of nitrogen functional groups attached to an aromatic ring is 1. The standard InChI is InChI=1S/C12H11F2N3O2S/c1-7-2-3-12(16-6-7)17-20(18,19)11-5-10(15)8(13)4-9(11)14/h2-6H,15H2,1H3,(H,16,17). The van der Waals surface area contributed by atoms with Crippen LogP contribution < -0.4 is 10.5 Å². The molecule has 106 valence electrons. The average molecular weight is 299 g/mol. The first-order valence-electron chi connectivity index (χ1n) is 5.49. The van der Waals surface area contributed by atoms with Gasteiger partial charge in [0.25, 0.3) is 10.0 Å². The minimum absolute atomic E-state index is 0.0258. The molecule has 0 aliphatic rings. The van der Waals surface area contributed by atoms with Crippen LogP contribution in [0.3, 0.4) is 0 Å². The molecule has 0 saturated carbocycles. The van der Waals surface area contributed by atoms with E-state index in [4.69, 9.17) is 5.73 Å². The number of nitrogens with one attached hydrogen (secondary N) is 1. The van der Waals surface area contributed by atoms with Crippen molar-refractivity contribution >= 4 is 21.5 Å². The van der Waals surface area contributed by atoms with E-state index >= 15 is 0 Å². The van der Waals surface area contributed by atoms with Crippen molar-refractivity contribution in [1.82, 2.24) is 4.98 Å². The highest BCUT2D eigenvalue weighted by Gasteiger charge is 2.21. The zero-order valence-corrected chi connectivity index (χ0v) is 11.2. The van der Waals surface area contributed by atoms with Gasteiger partial charge in [-0.3, -0.25) is 4.72 Å². The third kappa shape index (κ3) is 2.85. The van der Waals surface area contributed by atoms with E-state index < -0.39 is 32.2 Å². The normalized spacial score (nSPS) is 11.3. The number of sulfonamides is 1. The fourth-order valence-corrected chi connectivity index (χ4v) is 2.58. The molecule has 0 aliphatic heterocycles. The van der Waals surface area contributed by atoms with Crippen LogP contribution in [-0.4, -0.2) is 13.4 Å². The maximum Gasteiger partial charge on any atom is 0.266 e. The van der Waals surface area contributed by atoms with Crippen molar-refractivity contribution < 1.29 is 17.2 Å². The van der Waals surface area contributed by atoms with E-state index in [0.29, 0.717) is 6.07 Å². The molecule has 0 atom stereocenters. The second-order valence-electron chi connectivity index (χ2n) is 4.13. The first kappa shape index (κ1) is 14.2. The Morgan fingerprint density at radius 1 is 1.20 bits per heavy atom. The third-order valence-electron chi connectivity index (χ3n) is 2.49. The van der Waals surface area contributed by atoms with E-state index in [-0.39, 0.29) is 5.82 Å². The molecule has 2 aromatic rings. The number of hydrogen-bond acceptors (Lipinski definition) is 4. The summed E-state index contributed by atoms with van der Waals surface area (Å²) in [6, 6.07) is 4.21. The monoisotopic (exact) mass is 299 g/mol. The smallest absolute Gasteiger partial charge is 0.266 e.